The van der Waals surface area contributed by atoms with Crippen molar-refractivity contribution < 1.29 is 9.53 Å². The normalized spacial score (nSPS) is 17.0. The van der Waals surface area contributed by atoms with Gasteiger partial charge in [0.15, 0.2) is 5.82 Å². The number of nitrogens with one attached hydrogen (secondary N) is 1. The summed E-state index contributed by atoms with van der Waals surface area (Å²) in [6, 6.07) is 11.9. The van der Waals surface area contributed by atoms with Gasteiger partial charge >= 0.3 is 0 Å². The average Bonchev–Trinajstić information content (AvgIpc) is 3.27. The molecule has 0 aliphatic carbocycles. The number of nitrogens with zero attached hydrogens (tertiary/aromatic N) is 3. The van der Waals surface area contributed by atoms with Gasteiger partial charge in [0.05, 0.1) is 24.6 Å². The molecule has 1 fully saturated rings. The smallest absolute Gasteiger partial charge is 0.228 e. The second-order valence-electron chi connectivity index (χ2n) is 6.28. The zero-order valence-corrected chi connectivity index (χ0v) is 13.9. The molecule has 6 nitrogen and oxygen atoms in total. The first-order chi connectivity index (χ1) is 12.3. The molecule has 0 bridgehead atoms. The number of benzene rings is 1. The molecule has 3 heterocycles. The van der Waals surface area contributed by atoms with E-state index in [1.807, 2.05) is 47.3 Å². The number of pyridine rings is 1. The van der Waals surface area contributed by atoms with Crippen LogP contribution >= 0.6 is 0 Å². The number of rotatable bonds is 5. The lowest BCUT2D eigenvalue weighted by atomic mass is 10.1. The number of carbonyl (C=O) groups is 1. The third kappa shape index (κ3) is 3.69. The molecule has 1 aromatic carbocycles. The van der Waals surface area contributed by atoms with Gasteiger partial charge in [-0.2, -0.15) is 5.10 Å². The van der Waals surface area contributed by atoms with Crippen molar-refractivity contribution in [2.75, 3.05) is 11.9 Å². The molecule has 0 radical (unpaired) electrons. The monoisotopic (exact) mass is 336 g/mol. The second-order valence-corrected chi connectivity index (χ2v) is 6.28. The first-order valence-electron chi connectivity index (χ1n) is 8.55. The van der Waals surface area contributed by atoms with Gasteiger partial charge in [-0.1, -0.05) is 24.3 Å². The Bertz CT molecular complexity index is 879. The average molecular weight is 336 g/mol. The van der Waals surface area contributed by atoms with E-state index in [9.17, 15) is 4.79 Å². The topological polar surface area (TPSA) is 69.0 Å². The maximum absolute atomic E-state index is 12.1. The van der Waals surface area contributed by atoms with E-state index in [0.717, 1.165) is 35.9 Å². The largest absolute Gasteiger partial charge is 0.378 e. The number of para-hydroxylation sites is 1. The summed E-state index contributed by atoms with van der Waals surface area (Å²) in [5.41, 5.74) is 2.07. The molecule has 1 N–H and O–H groups in total. The predicted molar refractivity (Wildman–Crippen MR) is 95.3 cm³/mol. The van der Waals surface area contributed by atoms with E-state index in [-0.39, 0.29) is 12.0 Å². The summed E-state index contributed by atoms with van der Waals surface area (Å²) in [7, 11) is 0. The fourth-order valence-corrected chi connectivity index (χ4v) is 3.19. The van der Waals surface area contributed by atoms with Crippen LogP contribution in [0.15, 0.2) is 48.8 Å². The van der Waals surface area contributed by atoms with Crippen LogP contribution in [0.25, 0.3) is 10.9 Å². The number of hydrogen-bond donors (Lipinski definition) is 1. The Kier molecular flexibility index (Phi) is 4.43. The van der Waals surface area contributed by atoms with Crippen LogP contribution in [-0.2, 0) is 16.1 Å². The van der Waals surface area contributed by atoms with Crippen LogP contribution in [0, 0.1) is 0 Å². The molecular formula is C19H20N4O2. The summed E-state index contributed by atoms with van der Waals surface area (Å²) in [6.07, 6.45) is 6.08. The number of carbonyl (C=O) groups excluding carboxylic acids is 1. The molecule has 128 valence electrons. The van der Waals surface area contributed by atoms with Crippen LogP contribution in [0.4, 0.5) is 5.82 Å². The van der Waals surface area contributed by atoms with Gasteiger partial charge in [-0.15, -0.1) is 0 Å². The number of fused-ring (bicyclic) bond motifs is 1. The van der Waals surface area contributed by atoms with Crippen molar-refractivity contribution >= 4 is 22.6 Å². The van der Waals surface area contributed by atoms with Gasteiger partial charge in [0.2, 0.25) is 5.91 Å². The Morgan fingerprint density at radius 1 is 1.28 bits per heavy atom. The van der Waals surface area contributed by atoms with Crippen LogP contribution in [0.1, 0.15) is 24.8 Å². The van der Waals surface area contributed by atoms with Crippen molar-refractivity contribution in [1.29, 1.82) is 0 Å². The van der Waals surface area contributed by atoms with Crippen molar-refractivity contribution in [2.24, 2.45) is 0 Å². The molecule has 0 spiro atoms. The van der Waals surface area contributed by atoms with E-state index >= 15 is 0 Å². The molecule has 3 aromatic rings. The van der Waals surface area contributed by atoms with E-state index in [2.05, 4.69) is 15.4 Å². The van der Waals surface area contributed by atoms with Gasteiger partial charge in [-0.25, -0.2) is 0 Å². The highest BCUT2D eigenvalue weighted by Gasteiger charge is 2.19. The van der Waals surface area contributed by atoms with Gasteiger partial charge in [-0.05, 0) is 24.5 Å². The van der Waals surface area contributed by atoms with E-state index in [4.69, 9.17) is 4.74 Å². The van der Waals surface area contributed by atoms with Gasteiger partial charge in [0.25, 0.3) is 0 Å². The van der Waals surface area contributed by atoms with E-state index in [1.165, 1.54) is 0 Å². The molecule has 1 atom stereocenters. The molecular weight excluding hydrogens is 316 g/mol. The minimum atomic E-state index is -0.0519. The summed E-state index contributed by atoms with van der Waals surface area (Å²) in [4.78, 5) is 16.5. The summed E-state index contributed by atoms with van der Waals surface area (Å²) in [5, 5.41) is 8.40. The molecule has 2 aromatic heterocycles. The molecule has 1 aliphatic heterocycles. The maximum atomic E-state index is 12.1. The fourth-order valence-electron chi connectivity index (χ4n) is 3.19. The number of hydrogen-bond acceptors (Lipinski definition) is 4. The predicted octanol–water partition coefficient (Wildman–Crippen LogP) is 2.99. The molecule has 1 amide bonds. The molecule has 25 heavy (non-hydrogen) atoms. The minimum absolute atomic E-state index is 0.0452. The number of amides is 1. The molecule has 1 saturated heterocycles. The Balaban J connectivity index is 1.43. The van der Waals surface area contributed by atoms with Crippen LogP contribution in [0.2, 0.25) is 0 Å². The van der Waals surface area contributed by atoms with Crippen molar-refractivity contribution in [2.45, 2.75) is 31.9 Å². The standard InChI is InChI=1S/C19H20N4O2/c24-18(12-16-7-3-11-25-16)21-17-8-10-23(22-17)13-15-5-1-4-14-6-2-9-20-19(14)15/h1-2,4-6,8-10,16H,3,7,11-13H2,(H,21,22,24)/t16-/m0/s1. The minimum Gasteiger partial charge on any atom is -0.378 e. The summed E-state index contributed by atoms with van der Waals surface area (Å²) < 4.78 is 7.30. The quantitative estimate of drug-likeness (QED) is 0.778. The molecule has 0 unspecified atom stereocenters. The number of anilines is 1. The lowest BCUT2D eigenvalue weighted by Crippen LogP contribution is -2.19. The van der Waals surface area contributed by atoms with E-state index in [1.54, 1.807) is 6.20 Å². The van der Waals surface area contributed by atoms with Crippen LogP contribution < -0.4 is 5.32 Å². The zero-order valence-electron chi connectivity index (χ0n) is 13.9. The lowest BCUT2D eigenvalue weighted by molar-refractivity contribution is -0.118. The number of ether oxygens (including phenoxy) is 1. The molecule has 6 heteroatoms. The van der Waals surface area contributed by atoms with Gasteiger partial charge in [0, 0.05) is 30.5 Å². The summed E-state index contributed by atoms with van der Waals surface area (Å²) >= 11 is 0. The first-order valence-corrected chi connectivity index (χ1v) is 8.55. The van der Waals surface area contributed by atoms with Crippen LogP contribution in [-0.4, -0.2) is 33.4 Å². The summed E-state index contributed by atoms with van der Waals surface area (Å²) in [6.45, 7) is 1.36. The van der Waals surface area contributed by atoms with Gasteiger partial charge in [-0.3, -0.25) is 14.5 Å². The van der Waals surface area contributed by atoms with Crippen LogP contribution in [0.3, 0.4) is 0 Å². The fraction of sp³-hybridized carbons (Fsp3) is 0.316. The summed E-state index contributed by atoms with van der Waals surface area (Å²) in [5.74, 6) is 0.514. The molecule has 0 saturated carbocycles. The lowest BCUT2D eigenvalue weighted by Gasteiger charge is -2.08. The highest BCUT2D eigenvalue weighted by atomic mass is 16.5. The first kappa shape index (κ1) is 15.8. The van der Waals surface area contributed by atoms with Crippen LogP contribution in [0.5, 0.6) is 0 Å². The van der Waals surface area contributed by atoms with Crippen molar-refractivity contribution in [3.63, 3.8) is 0 Å². The van der Waals surface area contributed by atoms with E-state index in [0.29, 0.717) is 18.8 Å². The van der Waals surface area contributed by atoms with Gasteiger partial charge in [0.1, 0.15) is 0 Å². The van der Waals surface area contributed by atoms with E-state index < -0.39 is 0 Å². The van der Waals surface area contributed by atoms with Crippen molar-refractivity contribution in [3.05, 3.63) is 54.4 Å². The Hall–Kier alpha value is -2.73. The Labute approximate surface area is 145 Å². The molecule has 4 rings (SSSR count). The zero-order chi connectivity index (χ0) is 17.1. The van der Waals surface area contributed by atoms with Crippen molar-refractivity contribution in [3.8, 4) is 0 Å². The Morgan fingerprint density at radius 2 is 2.20 bits per heavy atom. The molecule has 1 aliphatic rings. The maximum Gasteiger partial charge on any atom is 0.228 e. The third-order valence-corrected chi connectivity index (χ3v) is 4.39. The SMILES string of the molecule is O=C(C[C@@H]1CCCO1)Nc1ccn(Cc2cccc3cccnc23)n1. The number of aromatic nitrogens is 3. The highest BCUT2D eigenvalue weighted by Crippen LogP contribution is 2.18. The third-order valence-electron chi connectivity index (χ3n) is 4.39. The highest BCUT2D eigenvalue weighted by molar-refractivity contribution is 5.90. The van der Waals surface area contributed by atoms with Gasteiger partial charge < -0.3 is 10.1 Å². The Morgan fingerprint density at radius 3 is 3.08 bits per heavy atom. The second kappa shape index (κ2) is 7.03. The van der Waals surface area contributed by atoms with Crippen molar-refractivity contribution in [1.82, 2.24) is 14.8 Å².